The van der Waals surface area contributed by atoms with Gasteiger partial charge in [0.25, 0.3) is 0 Å². The minimum Gasteiger partial charge on any atom is -0.445 e. The molecule has 18 heavy (non-hydrogen) atoms. The van der Waals surface area contributed by atoms with Crippen molar-refractivity contribution < 1.29 is 19.0 Å². The SMILES string of the molecule is O=C(N[C@H]1C[C@@H](O)[C@H](F)C1)OCc1ccccc1. The fourth-order valence-corrected chi connectivity index (χ4v) is 2.01. The van der Waals surface area contributed by atoms with Crippen molar-refractivity contribution >= 4 is 6.09 Å². The Kier molecular flexibility index (Phi) is 4.15. The Hall–Kier alpha value is -1.62. The molecule has 0 aromatic heterocycles. The van der Waals surface area contributed by atoms with Crippen molar-refractivity contribution in [2.75, 3.05) is 0 Å². The van der Waals surface area contributed by atoms with Crippen LogP contribution in [0.3, 0.4) is 0 Å². The van der Waals surface area contributed by atoms with Gasteiger partial charge in [0.05, 0.1) is 6.10 Å². The van der Waals surface area contributed by atoms with Crippen LogP contribution in [0.5, 0.6) is 0 Å². The summed E-state index contributed by atoms with van der Waals surface area (Å²) in [7, 11) is 0. The van der Waals surface area contributed by atoms with Gasteiger partial charge in [-0.2, -0.15) is 0 Å². The first-order valence-corrected chi connectivity index (χ1v) is 5.94. The molecule has 1 amide bonds. The van der Waals surface area contributed by atoms with E-state index >= 15 is 0 Å². The molecule has 98 valence electrons. The lowest BCUT2D eigenvalue weighted by Crippen LogP contribution is -2.33. The van der Waals surface area contributed by atoms with Gasteiger partial charge in [0, 0.05) is 12.5 Å². The summed E-state index contributed by atoms with van der Waals surface area (Å²) < 4.78 is 18.0. The second kappa shape index (κ2) is 5.82. The molecular formula is C13H16FNO3. The zero-order chi connectivity index (χ0) is 13.0. The predicted octanol–water partition coefficient (Wildman–Crippen LogP) is 1.77. The average molecular weight is 253 g/mol. The van der Waals surface area contributed by atoms with Gasteiger partial charge in [0.15, 0.2) is 0 Å². The van der Waals surface area contributed by atoms with Crippen LogP contribution < -0.4 is 5.32 Å². The van der Waals surface area contributed by atoms with Crippen LogP contribution in [0, 0.1) is 0 Å². The second-order valence-electron chi connectivity index (χ2n) is 4.46. The van der Waals surface area contributed by atoms with E-state index in [1.54, 1.807) is 0 Å². The normalized spacial score (nSPS) is 26.9. The Morgan fingerprint density at radius 2 is 2.11 bits per heavy atom. The summed E-state index contributed by atoms with van der Waals surface area (Å²) in [6.07, 6.45) is -2.44. The molecule has 1 saturated carbocycles. The second-order valence-corrected chi connectivity index (χ2v) is 4.46. The highest BCUT2D eigenvalue weighted by Gasteiger charge is 2.33. The summed E-state index contributed by atoms with van der Waals surface area (Å²) in [6.45, 7) is 0.182. The van der Waals surface area contributed by atoms with Gasteiger partial charge in [-0.05, 0) is 12.0 Å². The zero-order valence-electron chi connectivity index (χ0n) is 9.88. The van der Waals surface area contributed by atoms with E-state index in [1.807, 2.05) is 30.3 Å². The molecule has 1 aromatic rings. The quantitative estimate of drug-likeness (QED) is 0.863. The molecule has 0 unspecified atom stereocenters. The van der Waals surface area contributed by atoms with Crippen LogP contribution in [0.4, 0.5) is 9.18 Å². The Balaban J connectivity index is 1.73. The number of alkyl halides is 1. The molecule has 1 aromatic carbocycles. The summed E-state index contributed by atoms with van der Waals surface area (Å²) in [4.78, 5) is 11.4. The summed E-state index contributed by atoms with van der Waals surface area (Å²) in [5, 5.41) is 11.8. The van der Waals surface area contributed by atoms with E-state index in [1.165, 1.54) is 0 Å². The van der Waals surface area contributed by atoms with E-state index < -0.39 is 18.4 Å². The Morgan fingerprint density at radius 1 is 1.39 bits per heavy atom. The molecule has 3 atom stereocenters. The predicted molar refractivity (Wildman–Crippen MR) is 63.7 cm³/mol. The highest BCUT2D eigenvalue weighted by molar-refractivity contribution is 5.67. The molecular weight excluding hydrogens is 237 g/mol. The number of alkyl carbamates (subject to hydrolysis) is 1. The minimum absolute atomic E-state index is 0.140. The summed E-state index contributed by atoms with van der Waals surface area (Å²) in [5.41, 5.74) is 0.891. The van der Waals surface area contributed by atoms with E-state index in [0.717, 1.165) is 5.56 Å². The summed E-state index contributed by atoms with van der Waals surface area (Å²) in [6, 6.07) is 8.95. The van der Waals surface area contributed by atoms with Crippen LogP contribution in [0.1, 0.15) is 18.4 Å². The van der Waals surface area contributed by atoms with E-state index in [0.29, 0.717) is 0 Å². The number of carbonyl (C=O) groups is 1. The Bertz CT molecular complexity index is 388. The molecule has 0 radical (unpaired) electrons. The van der Waals surface area contributed by atoms with Crippen LogP contribution in [-0.4, -0.2) is 29.5 Å². The van der Waals surface area contributed by atoms with Crippen LogP contribution in [-0.2, 0) is 11.3 Å². The summed E-state index contributed by atoms with van der Waals surface area (Å²) >= 11 is 0. The van der Waals surface area contributed by atoms with Crippen LogP contribution >= 0.6 is 0 Å². The van der Waals surface area contributed by atoms with Gasteiger partial charge in [0.2, 0.25) is 0 Å². The first-order valence-electron chi connectivity index (χ1n) is 5.94. The number of carbonyl (C=O) groups excluding carboxylic acids is 1. The number of rotatable bonds is 3. The topological polar surface area (TPSA) is 58.6 Å². The number of amides is 1. The average Bonchev–Trinajstić information content (AvgIpc) is 2.67. The molecule has 0 saturated heterocycles. The maximum absolute atomic E-state index is 13.0. The van der Waals surface area contributed by atoms with E-state index in [-0.39, 0.29) is 25.5 Å². The smallest absolute Gasteiger partial charge is 0.407 e. The molecule has 5 heteroatoms. The molecule has 1 fully saturated rings. The van der Waals surface area contributed by atoms with Crippen molar-refractivity contribution in [3.05, 3.63) is 35.9 Å². The van der Waals surface area contributed by atoms with Gasteiger partial charge in [-0.15, -0.1) is 0 Å². The van der Waals surface area contributed by atoms with Crippen molar-refractivity contribution in [2.24, 2.45) is 0 Å². The third-order valence-electron chi connectivity index (χ3n) is 2.99. The molecule has 1 aliphatic rings. The van der Waals surface area contributed by atoms with E-state index in [2.05, 4.69) is 5.32 Å². The molecule has 2 N–H and O–H groups in total. The Labute approximate surface area is 105 Å². The number of halogens is 1. The third kappa shape index (κ3) is 3.43. The Morgan fingerprint density at radius 3 is 2.72 bits per heavy atom. The lowest BCUT2D eigenvalue weighted by molar-refractivity contribution is 0.103. The van der Waals surface area contributed by atoms with Crippen LogP contribution in [0.25, 0.3) is 0 Å². The number of aliphatic hydroxyl groups is 1. The number of nitrogens with one attached hydrogen (secondary N) is 1. The van der Waals surface area contributed by atoms with Crippen LogP contribution in [0.15, 0.2) is 30.3 Å². The molecule has 0 heterocycles. The van der Waals surface area contributed by atoms with Gasteiger partial charge in [-0.3, -0.25) is 0 Å². The van der Waals surface area contributed by atoms with Gasteiger partial charge in [-0.1, -0.05) is 30.3 Å². The van der Waals surface area contributed by atoms with Gasteiger partial charge >= 0.3 is 6.09 Å². The van der Waals surface area contributed by atoms with E-state index in [4.69, 9.17) is 4.74 Å². The van der Waals surface area contributed by atoms with Crippen molar-refractivity contribution in [3.8, 4) is 0 Å². The third-order valence-corrected chi connectivity index (χ3v) is 2.99. The summed E-state index contributed by atoms with van der Waals surface area (Å²) in [5.74, 6) is 0. The van der Waals surface area contributed by atoms with Crippen LogP contribution in [0.2, 0.25) is 0 Å². The first-order chi connectivity index (χ1) is 8.65. The number of aliphatic hydroxyl groups excluding tert-OH is 1. The number of hydrogen-bond donors (Lipinski definition) is 2. The zero-order valence-corrected chi connectivity index (χ0v) is 9.88. The highest BCUT2D eigenvalue weighted by atomic mass is 19.1. The molecule has 0 bridgehead atoms. The maximum Gasteiger partial charge on any atom is 0.407 e. The maximum atomic E-state index is 13.0. The van der Waals surface area contributed by atoms with Crippen molar-refractivity contribution in [2.45, 2.75) is 37.8 Å². The van der Waals surface area contributed by atoms with Gasteiger partial charge in [-0.25, -0.2) is 9.18 Å². The lowest BCUT2D eigenvalue weighted by atomic mass is 10.2. The molecule has 1 aliphatic carbocycles. The largest absolute Gasteiger partial charge is 0.445 e. The lowest BCUT2D eigenvalue weighted by Gasteiger charge is -2.12. The number of ether oxygens (including phenoxy) is 1. The number of benzene rings is 1. The number of hydrogen-bond acceptors (Lipinski definition) is 3. The van der Waals surface area contributed by atoms with E-state index in [9.17, 15) is 14.3 Å². The van der Waals surface area contributed by atoms with Crippen molar-refractivity contribution in [1.82, 2.24) is 5.32 Å². The highest BCUT2D eigenvalue weighted by Crippen LogP contribution is 2.22. The first kappa shape index (κ1) is 12.8. The van der Waals surface area contributed by atoms with Gasteiger partial charge < -0.3 is 15.2 Å². The monoisotopic (exact) mass is 253 g/mol. The molecule has 0 spiro atoms. The van der Waals surface area contributed by atoms with Gasteiger partial charge in [0.1, 0.15) is 12.8 Å². The molecule has 4 nitrogen and oxygen atoms in total. The molecule has 2 rings (SSSR count). The van der Waals surface area contributed by atoms with Crippen molar-refractivity contribution in [1.29, 1.82) is 0 Å². The minimum atomic E-state index is -1.26. The standard InChI is InChI=1S/C13H16FNO3/c14-11-6-10(7-12(11)16)15-13(17)18-8-9-4-2-1-3-5-9/h1-5,10-12,16H,6-8H2,(H,15,17)/t10-,11-,12-/m1/s1. The fraction of sp³-hybridized carbons (Fsp3) is 0.462. The molecule has 0 aliphatic heterocycles. The van der Waals surface area contributed by atoms with Crippen molar-refractivity contribution in [3.63, 3.8) is 0 Å². The fourth-order valence-electron chi connectivity index (χ4n) is 2.01.